The van der Waals surface area contributed by atoms with Crippen LogP contribution in [-0.2, 0) is 13.1 Å². The molecule has 2 aromatic carbocycles. The number of nitro groups is 1. The van der Waals surface area contributed by atoms with E-state index >= 15 is 0 Å². The fraction of sp³-hybridized carbons (Fsp3) is 0.278. The Hall–Kier alpha value is -2.38. The van der Waals surface area contributed by atoms with Gasteiger partial charge in [0.25, 0.3) is 11.6 Å². The molecule has 7 heteroatoms. The van der Waals surface area contributed by atoms with Gasteiger partial charge in [0.15, 0.2) is 0 Å². The topological polar surface area (TPSA) is 75.5 Å². The monoisotopic (exact) mass is 359 g/mol. The predicted octanol–water partition coefficient (Wildman–Crippen LogP) is 3.31. The summed E-state index contributed by atoms with van der Waals surface area (Å²) in [7, 11) is 4.01. The molecule has 25 heavy (non-hydrogen) atoms. The summed E-state index contributed by atoms with van der Waals surface area (Å²) in [6.07, 6.45) is 1.86. The van der Waals surface area contributed by atoms with E-state index in [0.29, 0.717) is 6.54 Å². The van der Waals surface area contributed by atoms with Crippen LogP contribution >= 0.6 is 11.8 Å². The van der Waals surface area contributed by atoms with Gasteiger partial charge in [-0.3, -0.25) is 14.9 Å². The highest BCUT2D eigenvalue weighted by molar-refractivity contribution is 7.98. The molecule has 0 aliphatic heterocycles. The number of amides is 1. The van der Waals surface area contributed by atoms with E-state index < -0.39 is 10.8 Å². The molecular weight excluding hydrogens is 338 g/mol. The predicted molar refractivity (Wildman–Crippen MR) is 99.9 cm³/mol. The van der Waals surface area contributed by atoms with E-state index in [1.807, 2.05) is 44.6 Å². The third-order valence-electron chi connectivity index (χ3n) is 3.62. The number of carbonyl (C=O) groups excluding carboxylic acids is 1. The molecule has 6 nitrogen and oxygen atoms in total. The van der Waals surface area contributed by atoms with Gasteiger partial charge in [-0.05, 0) is 43.6 Å². The molecule has 0 saturated heterocycles. The fourth-order valence-electron chi connectivity index (χ4n) is 2.39. The van der Waals surface area contributed by atoms with Crippen molar-refractivity contribution in [3.8, 4) is 0 Å². The van der Waals surface area contributed by atoms with E-state index in [0.717, 1.165) is 17.0 Å². The Morgan fingerprint density at radius 2 is 1.80 bits per heavy atom. The highest BCUT2D eigenvalue weighted by atomic mass is 32.2. The molecule has 0 aliphatic rings. The van der Waals surface area contributed by atoms with E-state index in [2.05, 4.69) is 10.2 Å². The third-order valence-corrected chi connectivity index (χ3v) is 4.35. The Balaban J connectivity index is 2.08. The quantitative estimate of drug-likeness (QED) is 0.466. The normalized spacial score (nSPS) is 10.7. The molecular formula is C18H21N3O3S. The second-order valence-electron chi connectivity index (χ2n) is 5.88. The lowest BCUT2D eigenvalue weighted by molar-refractivity contribution is -0.385. The van der Waals surface area contributed by atoms with E-state index in [1.54, 1.807) is 12.1 Å². The first-order valence-corrected chi connectivity index (χ1v) is 8.96. The summed E-state index contributed by atoms with van der Waals surface area (Å²) in [6, 6.07) is 12.5. The molecule has 0 saturated carbocycles. The average Bonchev–Trinajstić information content (AvgIpc) is 2.59. The minimum absolute atomic E-state index is 0.0843. The summed E-state index contributed by atoms with van der Waals surface area (Å²) in [5, 5.41) is 13.9. The number of nitro benzene ring substituents is 1. The van der Waals surface area contributed by atoms with Gasteiger partial charge in [-0.25, -0.2) is 0 Å². The van der Waals surface area contributed by atoms with Gasteiger partial charge in [0.2, 0.25) is 0 Å². The molecule has 0 aromatic heterocycles. The summed E-state index contributed by atoms with van der Waals surface area (Å²) in [6.45, 7) is 1.17. The highest BCUT2D eigenvalue weighted by Crippen LogP contribution is 2.24. The molecule has 0 aliphatic carbocycles. The molecule has 2 rings (SSSR count). The SMILES string of the molecule is CSc1ccc([N+](=O)[O-])c(C(=O)NCc2ccc(CN(C)C)cc2)c1. The van der Waals surface area contributed by atoms with E-state index in [-0.39, 0.29) is 11.3 Å². The molecule has 0 fully saturated rings. The van der Waals surface area contributed by atoms with Gasteiger partial charge in [0, 0.05) is 24.1 Å². The Bertz CT molecular complexity index is 761. The maximum absolute atomic E-state index is 12.4. The Morgan fingerprint density at radius 3 is 2.36 bits per heavy atom. The van der Waals surface area contributed by atoms with Crippen LogP contribution in [0.1, 0.15) is 21.5 Å². The lowest BCUT2D eigenvalue weighted by atomic mass is 10.1. The number of hydrogen-bond acceptors (Lipinski definition) is 5. The lowest BCUT2D eigenvalue weighted by Gasteiger charge is -2.11. The first kappa shape index (κ1) is 19.0. The molecule has 0 spiro atoms. The molecule has 1 N–H and O–H groups in total. The van der Waals surface area contributed by atoms with Gasteiger partial charge in [0.05, 0.1) is 4.92 Å². The van der Waals surface area contributed by atoms with Crippen LogP contribution in [0.25, 0.3) is 0 Å². The molecule has 0 bridgehead atoms. The van der Waals surface area contributed by atoms with Crippen molar-refractivity contribution >= 4 is 23.4 Å². The zero-order chi connectivity index (χ0) is 18.4. The van der Waals surface area contributed by atoms with Gasteiger partial charge < -0.3 is 10.2 Å². The van der Waals surface area contributed by atoms with Gasteiger partial charge in [0.1, 0.15) is 5.56 Å². The van der Waals surface area contributed by atoms with E-state index in [4.69, 9.17) is 0 Å². The number of hydrogen-bond donors (Lipinski definition) is 1. The number of benzene rings is 2. The van der Waals surface area contributed by atoms with Crippen molar-refractivity contribution in [3.05, 3.63) is 69.3 Å². The molecule has 0 radical (unpaired) electrons. The summed E-state index contributed by atoms with van der Waals surface area (Å²) in [4.78, 5) is 25.9. The standard InChI is InChI=1S/C18H21N3O3S/c1-20(2)12-14-6-4-13(5-7-14)11-19-18(22)16-10-15(25-3)8-9-17(16)21(23)24/h4-10H,11-12H2,1-3H3,(H,19,22). The molecule has 1 amide bonds. The van der Waals surface area contributed by atoms with Crippen LogP contribution < -0.4 is 5.32 Å². The van der Waals surface area contributed by atoms with Gasteiger partial charge >= 0.3 is 0 Å². The first-order chi connectivity index (χ1) is 11.9. The summed E-state index contributed by atoms with van der Waals surface area (Å²) < 4.78 is 0. The van der Waals surface area contributed by atoms with E-state index in [9.17, 15) is 14.9 Å². The maximum atomic E-state index is 12.4. The van der Waals surface area contributed by atoms with Crippen molar-refractivity contribution in [2.24, 2.45) is 0 Å². The van der Waals surface area contributed by atoms with Crippen LogP contribution in [0.4, 0.5) is 5.69 Å². The number of thioether (sulfide) groups is 1. The number of nitrogens with one attached hydrogen (secondary N) is 1. The van der Waals surface area contributed by atoms with Gasteiger partial charge in [-0.15, -0.1) is 11.8 Å². The maximum Gasteiger partial charge on any atom is 0.282 e. The zero-order valence-electron chi connectivity index (χ0n) is 14.5. The van der Waals surface area contributed by atoms with Crippen LogP contribution in [0.5, 0.6) is 0 Å². The lowest BCUT2D eigenvalue weighted by Crippen LogP contribution is -2.23. The van der Waals surface area contributed by atoms with Crippen molar-refractivity contribution in [1.29, 1.82) is 0 Å². The highest BCUT2D eigenvalue weighted by Gasteiger charge is 2.20. The second-order valence-corrected chi connectivity index (χ2v) is 6.76. The van der Waals surface area contributed by atoms with Crippen LogP contribution in [-0.4, -0.2) is 36.1 Å². The minimum atomic E-state index is -0.533. The Kier molecular flexibility index (Phi) is 6.55. The van der Waals surface area contributed by atoms with Crippen molar-refractivity contribution in [1.82, 2.24) is 10.2 Å². The zero-order valence-corrected chi connectivity index (χ0v) is 15.3. The fourth-order valence-corrected chi connectivity index (χ4v) is 2.83. The number of nitrogens with zero attached hydrogens (tertiary/aromatic N) is 2. The van der Waals surface area contributed by atoms with Crippen molar-refractivity contribution in [3.63, 3.8) is 0 Å². The van der Waals surface area contributed by atoms with Crippen molar-refractivity contribution < 1.29 is 9.72 Å². The summed E-state index contributed by atoms with van der Waals surface area (Å²) in [5.41, 5.74) is 2.03. The minimum Gasteiger partial charge on any atom is -0.348 e. The average molecular weight is 359 g/mol. The smallest absolute Gasteiger partial charge is 0.282 e. The largest absolute Gasteiger partial charge is 0.348 e. The van der Waals surface area contributed by atoms with Crippen LogP contribution in [0.15, 0.2) is 47.4 Å². The second kappa shape index (κ2) is 8.64. The van der Waals surface area contributed by atoms with Crippen molar-refractivity contribution in [2.75, 3.05) is 20.4 Å². The molecule has 0 heterocycles. The van der Waals surface area contributed by atoms with Gasteiger partial charge in [-0.2, -0.15) is 0 Å². The summed E-state index contributed by atoms with van der Waals surface area (Å²) >= 11 is 1.44. The third kappa shape index (κ3) is 5.30. The number of rotatable bonds is 7. The molecule has 0 atom stereocenters. The first-order valence-electron chi connectivity index (χ1n) is 7.74. The molecule has 0 unspecified atom stereocenters. The van der Waals surface area contributed by atoms with Crippen molar-refractivity contribution in [2.45, 2.75) is 18.0 Å². The molecule has 132 valence electrons. The van der Waals surface area contributed by atoms with Crippen LogP contribution in [0, 0.1) is 10.1 Å². The Labute approximate surface area is 151 Å². The Morgan fingerprint density at radius 1 is 1.16 bits per heavy atom. The molecule has 2 aromatic rings. The van der Waals surface area contributed by atoms with Gasteiger partial charge in [-0.1, -0.05) is 24.3 Å². The van der Waals surface area contributed by atoms with Crippen LogP contribution in [0.2, 0.25) is 0 Å². The summed E-state index contributed by atoms with van der Waals surface area (Å²) in [5.74, 6) is -0.444. The number of carbonyl (C=O) groups is 1. The van der Waals surface area contributed by atoms with E-state index in [1.165, 1.54) is 23.4 Å². The van der Waals surface area contributed by atoms with Crippen LogP contribution in [0.3, 0.4) is 0 Å².